The zero-order valence-corrected chi connectivity index (χ0v) is 17.3. The van der Waals surface area contributed by atoms with Crippen LogP contribution in [0.4, 0.5) is 30.4 Å². The van der Waals surface area contributed by atoms with Gasteiger partial charge in [0.25, 0.3) is 5.91 Å². The van der Waals surface area contributed by atoms with Crippen LogP contribution in [-0.2, 0) is 6.18 Å². The van der Waals surface area contributed by atoms with Gasteiger partial charge in [-0.1, -0.05) is 12.1 Å². The van der Waals surface area contributed by atoms with Crippen LogP contribution in [0, 0.1) is 6.92 Å². The summed E-state index contributed by atoms with van der Waals surface area (Å²) in [7, 11) is 0. The standard InChI is InChI=1S/C23H17F3N6O/c1-14-5-6-18(30-22(33)15-3-2-4-17(9-15)23(24,25)26)10-19(14)31-20-7-8-29-21(32-20)16-11-27-13-28-12-16/h2-13H,1H3,(H,30,33)(H,29,31,32). The normalized spacial score (nSPS) is 11.2. The Balaban J connectivity index is 1.54. The van der Waals surface area contributed by atoms with E-state index in [2.05, 4.69) is 30.6 Å². The molecule has 0 saturated heterocycles. The van der Waals surface area contributed by atoms with E-state index in [9.17, 15) is 18.0 Å². The quantitative estimate of drug-likeness (QED) is 0.431. The minimum absolute atomic E-state index is 0.0922. The lowest BCUT2D eigenvalue weighted by molar-refractivity contribution is -0.137. The summed E-state index contributed by atoms with van der Waals surface area (Å²) in [4.78, 5) is 29.1. The number of carbonyl (C=O) groups excluding carboxylic acids is 1. The van der Waals surface area contributed by atoms with Gasteiger partial charge in [-0.05, 0) is 48.9 Å². The maximum absolute atomic E-state index is 12.9. The molecule has 0 aliphatic rings. The highest BCUT2D eigenvalue weighted by molar-refractivity contribution is 6.04. The van der Waals surface area contributed by atoms with Gasteiger partial charge in [0.05, 0.1) is 11.1 Å². The van der Waals surface area contributed by atoms with Crippen molar-refractivity contribution in [2.45, 2.75) is 13.1 Å². The molecule has 0 bridgehead atoms. The molecule has 2 N–H and O–H groups in total. The lowest BCUT2D eigenvalue weighted by atomic mass is 10.1. The van der Waals surface area contributed by atoms with E-state index in [1.54, 1.807) is 42.9 Å². The third kappa shape index (κ3) is 5.29. The van der Waals surface area contributed by atoms with Crippen molar-refractivity contribution in [3.05, 3.63) is 90.1 Å². The van der Waals surface area contributed by atoms with Crippen molar-refractivity contribution in [2.75, 3.05) is 10.6 Å². The van der Waals surface area contributed by atoms with Crippen molar-refractivity contribution >= 4 is 23.1 Å². The lowest BCUT2D eigenvalue weighted by Crippen LogP contribution is -2.14. The van der Waals surface area contributed by atoms with Gasteiger partial charge in [-0.25, -0.2) is 19.9 Å². The van der Waals surface area contributed by atoms with Gasteiger partial charge in [-0.3, -0.25) is 4.79 Å². The van der Waals surface area contributed by atoms with Crippen molar-refractivity contribution in [3.8, 4) is 11.4 Å². The van der Waals surface area contributed by atoms with Gasteiger partial charge >= 0.3 is 6.18 Å². The summed E-state index contributed by atoms with van der Waals surface area (Å²) >= 11 is 0. The first kappa shape index (κ1) is 21.9. The zero-order chi connectivity index (χ0) is 23.4. The topological polar surface area (TPSA) is 92.7 Å². The number of alkyl halides is 3. The van der Waals surface area contributed by atoms with E-state index in [4.69, 9.17) is 0 Å². The van der Waals surface area contributed by atoms with E-state index in [-0.39, 0.29) is 5.56 Å². The molecule has 0 unspecified atom stereocenters. The molecule has 1 amide bonds. The van der Waals surface area contributed by atoms with Crippen LogP contribution in [0.3, 0.4) is 0 Å². The highest BCUT2D eigenvalue weighted by Gasteiger charge is 2.30. The van der Waals surface area contributed by atoms with Crippen LogP contribution in [-0.4, -0.2) is 25.8 Å². The second kappa shape index (κ2) is 9.03. The molecule has 10 heteroatoms. The van der Waals surface area contributed by atoms with Gasteiger partial charge in [-0.15, -0.1) is 0 Å². The molecule has 0 aliphatic carbocycles. The molecule has 2 aromatic heterocycles. The van der Waals surface area contributed by atoms with Crippen LogP contribution in [0.25, 0.3) is 11.4 Å². The van der Waals surface area contributed by atoms with Crippen LogP contribution in [0.15, 0.2) is 73.4 Å². The highest BCUT2D eigenvalue weighted by Crippen LogP contribution is 2.30. The van der Waals surface area contributed by atoms with E-state index < -0.39 is 17.6 Å². The molecule has 0 fully saturated rings. The first-order chi connectivity index (χ1) is 15.8. The largest absolute Gasteiger partial charge is 0.416 e. The number of nitrogens with one attached hydrogen (secondary N) is 2. The summed E-state index contributed by atoms with van der Waals surface area (Å²) in [5.41, 5.74) is 1.62. The molecule has 4 aromatic rings. The summed E-state index contributed by atoms with van der Waals surface area (Å²) in [5, 5.41) is 5.80. The van der Waals surface area contributed by atoms with E-state index >= 15 is 0 Å². The predicted molar refractivity (Wildman–Crippen MR) is 117 cm³/mol. The summed E-state index contributed by atoms with van der Waals surface area (Å²) in [5.74, 6) is 0.296. The Kier molecular flexibility index (Phi) is 5.99. The third-order valence-electron chi connectivity index (χ3n) is 4.68. The number of rotatable bonds is 5. The second-order valence-corrected chi connectivity index (χ2v) is 7.08. The average molecular weight is 450 g/mol. The molecule has 0 aliphatic heterocycles. The first-order valence-electron chi connectivity index (χ1n) is 9.74. The van der Waals surface area contributed by atoms with Crippen LogP contribution < -0.4 is 10.6 Å². The average Bonchev–Trinajstić information content (AvgIpc) is 2.81. The Hall–Kier alpha value is -4.34. The van der Waals surface area contributed by atoms with Gasteiger partial charge in [0.1, 0.15) is 12.1 Å². The van der Waals surface area contributed by atoms with Gasteiger partial charge in [0.15, 0.2) is 5.82 Å². The molecule has 166 valence electrons. The van der Waals surface area contributed by atoms with E-state index in [1.807, 2.05) is 6.92 Å². The van der Waals surface area contributed by atoms with Gasteiger partial charge in [-0.2, -0.15) is 13.2 Å². The van der Waals surface area contributed by atoms with Crippen molar-refractivity contribution < 1.29 is 18.0 Å². The maximum atomic E-state index is 12.9. The van der Waals surface area contributed by atoms with E-state index in [1.165, 1.54) is 18.5 Å². The Bertz CT molecular complexity index is 1290. The molecule has 2 aromatic carbocycles. The van der Waals surface area contributed by atoms with Crippen molar-refractivity contribution in [1.29, 1.82) is 0 Å². The number of carbonyl (C=O) groups is 1. The van der Waals surface area contributed by atoms with E-state index in [0.717, 1.165) is 17.7 Å². The molecule has 2 heterocycles. The summed E-state index contributed by atoms with van der Waals surface area (Å²) in [6, 6.07) is 11.1. The van der Waals surface area contributed by atoms with Gasteiger partial charge < -0.3 is 10.6 Å². The van der Waals surface area contributed by atoms with Crippen molar-refractivity contribution in [3.63, 3.8) is 0 Å². The molecule has 7 nitrogen and oxygen atoms in total. The Morgan fingerprint density at radius 3 is 2.55 bits per heavy atom. The minimum Gasteiger partial charge on any atom is -0.340 e. The zero-order valence-electron chi connectivity index (χ0n) is 17.3. The fourth-order valence-corrected chi connectivity index (χ4v) is 2.99. The Morgan fingerprint density at radius 1 is 1.00 bits per heavy atom. The minimum atomic E-state index is -4.53. The third-order valence-corrected chi connectivity index (χ3v) is 4.68. The Morgan fingerprint density at radius 2 is 1.79 bits per heavy atom. The SMILES string of the molecule is Cc1ccc(NC(=O)c2cccc(C(F)(F)F)c2)cc1Nc1ccnc(-c2cncnc2)n1. The van der Waals surface area contributed by atoms with Crippen LogP contribution in [0.5, 0.6) is 0 Å². The fourth-order valence-electron chi connectivity index (χ4n) is 2.99. The van der Waals surface area contributed by atoms with Crippen molar-refractivity contribution in [1.82, 2.24) is 19.9 Å². The molecule has 33 heavy (non-hydrogen) atoms. The monoisotopic (exact) mass is 450 g/mol. The summed E-state index contributed by atoms with van der Waals surface area (Å²) in [6.45, 7) is 1.87. The highest BCUT2D eigenvalue weighted by atomic mass is 19.4. The number of aromatic nitrogens is 4. The molecular weight excluding hydrogens is 433 g/mol. The van der Waals surface area contributed by atoms with E-state index in [0.29, 0.717) is 28.6 Å². The maximum Gasteiger partial charge on any atom is 0.416 e. The van der Waals surface area contributed by atoms with Gasteiger partial charge in [0, 0.05) is 35.5 Å². The second-order valence-electron chi connectivity index (χ2n) is 7.08. The van der Waals surface area contributed by atoms with Crippen molar-refractivity contribution in [2.24, 2.45) is 0 Å². The lowest BCUT2D eigenvalue weighted by Gasteiger charge is -2.13. The summed E-state index contributed by atoms with van der Waals surface area (Å²) < 4.78 is 38.8. The molecule has 0 radical (unpaired) electrons. The summed E-state index contributed by atoms with van der Waals surface area (Å²) in [6.07, 6.45) is 1.67. The number of amides is 1. The number of hydrogen-bond donors (Lipinski definition) is 2. The smallest absolute Gasteiger partial charge is 0.340 e. The fraction of sp³-hybridized carbons (Fsp3) is 0.0870. The first-order valence-corrected chi connectivity index (χ1v) is 9.74. The Labute approximate surface area is 186 Å². The number of hydrogen-bond acceptors (Lipinski definition) is 6. The van der Waals surface area contributed by atoms with Gasteiger partial charge in [0.2, 0.25) is 0 Å². The molecule has 4 rings (SSSR count). The molecule has 0 spiro atoms. The molecular formula is C23H17F3N6O. The predicted octanol–water partition coefficient (Wildman–Crippen LogP) is 5.26. The number of anilines is 3. The molecule has 0 atom stereocenters. The number of aryl methyl sites for hydroxylation is 1. The van der Waals surface area contributed by atoms with Crippen LogP contribution >= 0.6 is 0 Å². The number of nitrogens with zero attached hydrogens (tertiary/aromatic N) is 4. The molecule has 0 saturated carbocycles. The van der Waals surface area contributed by atoms with Crippen LogP contribution in [0.2, 0.25) is 0 Å². The number of benzene rings is 2. The number of halogens is 3. The van der Waals surface area contributed by atoms with Crippen LogP contribution in [0.1, 0.15) is 21.5 Å².